The average molecular weight is 615 g/mol. The summed E-state index contributed by atoms with van der Waals surface area (Å²) in [7, 11) is 0. The summed E-state index contributed by atoms with van der Waals surface area (Å²) in [5.74, 6) is 1.85. The van der Waals surface area contributed by atoms with Crippen LogP contribution in [-0.4, -0.2) is 19.5 Å². The molecule has 0 aliphatic heterocycles. The Morgan fingerprint density at radius 2 is 1.00 bits per heavy atom. The molecule has 0 saturated heterocycles. The van der Waals surface area contributed by atoms with Gasteiger partial charge in [-0.2, -0.15) is 0 Å². The Balaban J connectivity index is 1.18. The summed E-state index contributed by atoms with van der Waals surface area (Å²) in [5, 5.41) is 6.99. The molecule has 10 aromatic rings. The first-order valence-electron chi connectivity index (χ1n) is 16.0. The summed E-state index contributed by atoms with van der Waals surface area (Å²) in [4.78, 5) is 15.1. The number of para-hydroxylation sites is 2. The number of rotatable bonds is 4. The lowest BCUT2D eigenvalue weighted by atomic mass is 10.1. The van der Waals surface area contributed by atoms with Gasteiger partial charge in [0.1, 0.15) is 11.2 Å². The minimum atomic E-state index is 0.611. The molecule has 0 N–H and O–H groups in total. The number of hydrogen-bond donors (Lipinski definition) is 0. The fraction of sp³-hybridized carbons (Fsp3) is 0. The van der Waals surface area contributed by atoms with E-state index in [1.165, 1.54) is 21.5 Å². The molecule has 0 bridgehead atoms. The van der Waals surface area contributed by atoms with Gasteiger partial charge in [0, 0.05) is 43.9 Å². The lowest BCUT2D eigenvalue weighted by Crippen LogP contribution is -2.01. The van der Waals surface area contributed by atoms with Crippen LogP contribution in [0.15, 0.2) is 162 Å². The summed E-state index contributed by atoms with van der Waals surface area (Å²) in [5.41, 5.74) is 7.81. The van der Waals surface area contributed by atoms with Crippen molar-refractivity contribution in [1.82, 2.24) is 19.5 Å². The smallest absolute Gasteiger partial charge is 0.164 e. The van der Waals surface area contributed by atoms with Crippen LogP contribution in [0.3, 0.4) is 0 Å². The van der Waals surface area contributed by atoms with Gasteiger partial charge in [0.15, 0.2) is 17.5 Å². The van der Waals surface area contributed by atoms with Crippen molar-refractivity contribution >= 4 is 54.5 Å². The second-order valence-corrected chi connectivity index (χ2v) is 12.1. The van der Waals surface area contributed by atoms with Crippen molar-refractivity contribution < 1.29 is 4.42 Å². The number of aromatic nitrogens is 4. The van der Waals surface area contributed by atoms with Crippen molar-refractivity contribution in [2.24, 2.45) is 0 Å². The van der Waals surface area contributed by atoms with Gasteiger partial charge >= 0.3 is 0 Å². The van der Waals surface area contributed by atoms with E-state index in [0.717, 1.165) is 55.3 Å². The van der Waals surface area contributed by atoms with Gasteiger partial charge in [-0.05, 0) is 65.4 Å². The molecular weight excluding hydrogens is 589 g/mol. The van der Waals surface area contributed by atoms with E-state index in [-0.39, 0.29) is 0 Å². The molecule has 5 nitrogen and oxygen atoms in total. The molecule has 0 radical (unpaired) electrons. The molecule has 0 atom stereocenters. The van der Waals surface area contributed by atoms with Crippen LogP contribution in [0.5, 0.6) is 0 Å². The minimum absolute atomic E-state index is 0.611. The second kappa shape index (κ2) is 10.5. The first-order chi connectivity index (χ1) is 23.8. The van der Waals surface area contributed by atoms with Crippen LogP contribution >= 0.6 is 0 Å². The Hall–Kier alpha value is -6.59. The standard InChI is InChI=1S/C43H26N4O/c1-2-11-27(12-3-1)41-44-42(46-43(45-41)31-21-22-40-36(25-31)34-18-7-9-20-39(34)48-40)30-15-10-16-32(23-30)47-37-19-8-6-17-33(37)35-24-28-13-4-5-14-29(28)26-38(35)47/h1-26H. The van der Waals surface area contributed by atoms with Crippen molar-refractivity contribution in [1.29, 1.82) is 0 Å². The van der Waals surface area contributed by atoms with Crippen LogP contribution in [0.4, 0.5) is 0 Å². The zero-order valence-corrected chi connectivity index (χ0v) is 25.7. The molecule has 0 unspecified atom stereocenters. The topological polar surface area (TPSA) is 56.7 Å². The quantitative estimate of drug-likeness (QED) is 0.198. The third-order valence-electron chi connectivity index (χ3n) is 9.20. The summed E-state index contributed by atoms with van der Waals surface area (Å²) >= 11 is 0. The summed E-state index contributed by atoms with van der Waals surface area (Å²) in [6, 6.07) is 54.6. The van der Waals surface area contributed by atoms with Crippen LogP contribution < -0.4 is 0 Å². The normalized spacial score (nSPS) is 11.8. The highest BCUT2D eigenvalue weighted by atomic mass is 16.3. The van der Waals surface area contributed by atoms with Crippen molar-refractivity contribution in [3.63, 3.8) is 0 Å². The lowest BCUT2D eigenvalue weighted by Gasteiger charge is -2.12. The van der Waals surface area contributed by atoms with Gasteiger partial charge in [0.05, 0.1) is 11.0 Å². The molecule has 3 aromatic heterocycles. The van der Waals surface area contributed by atoms with Gasteiger partial charge in [-0.25, -0.2) is 15.0 Å². The summed E-state index contributed by atoms with van der Waals surface area (Å²) in [6.45, 7) is 0. The molecule has 10 rings (SSSR count). The van der Waals surface area contributed by atoms with Crippen LogP contribution in [0.1, 0.15) is 0 Å². The van der Waals surface area contributed by atoms with E-state index in [9.17, 15) is 0 Å². The number of nitrogens with zero attached hydrogens (tertiary/aromatic N) is 4. The van der Waals surface area contributed by atoms with Crippen LogP contribution in [0.2, 0.25) is 0 Å². The molecule has 0 spiro atoms. The SMILES string of the molecule is c1ccc(-c2nc(-c3cccc(-n4c5ccccc5c5cc6ccccc6cc54)c3)nc(-c3ccc4oc5ccccc5c4c3)n2)cc1. The zero-order valence-electron chi connectivity index (χ0n) is 25.7. The van der Waals surface area contributed by atoms with Crippen molar-refractivity contribution in [2.75, 3.05) is 0 Å². The molecule has 0 fully saturated rings. The zero-order chi connectivity index (χ0) is 31.6. The van der Waals surface area contributed by atoms with E-state index in [4.69, 9.17) is 19.4 Å². The fourth-order valence-corrected chi connectivity index (χ4v) is 6.93. The van der Waals surface area contributed by atoms with E-state index < -0.39 is 0 Å². The monoisotopic (exact) mass is 614 g/mol. The Morgan fingerprint density at radius 3 is 1.83 bits per heavy atom. The van der Waals surface area contributed by atoms with Gasteiger partial charge in [0.2, 0.25) is 0 Å². The van der Waals surface area contributed by atoms with Crippen LogP contribution in [0.25, 0.3) is 94.4 Å². The third-order valence-corrected chi connectivity index (χ3v) is 9.20. The molecule has 224 valence electrons. The summed E-state index contributed by atoms with van der Waals surface area (Å²) in [6.07, 6.45) is 0. The maximum absolute atomic E-state index is 6.11. The van der Waals surface area contributed by atoms with E-state index in [1.807, 2.05) is 60.7 Å². The molecule has 0 saturated carbocycles. The van der Waals surface area contributed by atoms with E-state index in [1.54, 1.807) is 0 Å². The number of fused-ring (bicyclic) bond motifs is 7. The highest BCUT2D eigenvalue weighted by molar-refractivity contribution is 6.13. The second-order valence-electron chi connectivity index (χ2n) is 12.1. The Morgan fingerprint density at radius 1 is 0.375 bits per heavy atom. The van der Waals surface area contributed by atoms with E-state index in [0.29, 0.717) is 17.5 Å². The molecule has 0 amide bonds. The minimum Gasteiger partial charge on any atom is -0.456 e. The lowest BCUT2D eigenvalue weighted by molar-refractivity contribution is 0.669. The maximum atomic E-state index is 6.11. The van der Waals surface area contributed by atoms with Gasteiger partial charge in [-0.3, -0.25) is 0 Å². The molecule has 5 heteroatoms. The Kier molecular flexibility index (Phi) is 5.81. The highest BCUT2D eigenvalue weighted by Crippen LogP contribution is 2.36. The predicted molar refractivity (Wildman–Crippen MR) is 195 cm³/mol. The van der Waals surface area contributed by atoms with Crippen molar-refractivity contribution in [2.45, 2.75) is 0 Å². The largest absolute Gasteiger partial charge is 0.456 e. The Labute approximate surface area is 275 Å². The number of benzene rings is 7. The average Bonchev–Trinajstić information content (AvgIpc) is 3.69. The van der Waals surface area contributed by atoms with E-state index in [2.05, 4.69) is 102 Å². The summed E-state index contributed by atoms with van der Waals surface area (Å²) < 4.78 is 8.45. The van der Waals surface area contributed by atoms with Crippen molar-refractivity contribution in [3.8, 4) is 39.9 Å². The van der Waals surface area contributed by atoms with Crippen molar-refractivity contribution in [3.05, 3.63) is 158 Å². The predicted octanol–water partition coefficient (Wildman–Crippen LogP) is 11.0. The maximum Gasteiger partial charge on any atom is 0.164 e. The van der Waals surface area contributed by atoms with Crippen LogP contribution in [0, 0.1) is 0 Å². The first kappa shape index (κ1) is 26.6. The molecule has 48 heavy (non-hydrogen) atoms. The first-order valence-corrected chi connectivity index (χ1v) is 16.0. The van der Waals surface area contributed by atoms with Crippen LogP contribution in [-0.2, 0) is 0 Å². The Bertz CT molecular complexity index is 2850. The molecule has 3 heterocycles. The molecule has 0 aliphatic rings. The van der Waals surface area contributed by atoms with E-state index >= 15 is 0 Å². The molecule has 7 aromatic carbocycles. The number of hydrogen-bond acceptors (Lipinski definition) is 4. The third kappa shape index (κ3) is 4.22. The number of furan rings is 1. The van der Waals surface area contributed by atoms with Gasteiger partial charge in [-0.1, -0.05) is 103 Å². The van der Waals surface area contributed by atoms with Gasteiger partial charge in [-0.15, -0.1) is 0 Å². The fourth-order valence-electron chi connectivity index (χ4n) is 6.93. The van der Waals surface area contributed by atoms with Gasteiger partial charge in [0.25, 0.3) is 0 Å². The molecular formula is C43H26N4O. The highest BCUT2D eigenvalue weighted by Gasteiger charge is 2.17. The van der Waals surface area contributed by atoms with Gasteiger partial charge < -0.3 is 8.98 Å². The molecule has 0 aliphatic carbocycles.